The van der Waals surface area contributed by atoms with Crippen molar-refractivity contribution in [3.8, 4) is 5.88 Å². The van der Waals surface area contributed by atoms with Crippen LogP contribution in [0.3, 0.4) is 0 Å². The molecule has 2 aromatic rings. The predicted molar refractivity (Wildman–Crippen MR) is 87.5 cm³/mol. The second-order valence-corrected chi connectivity index (χ2v) is 6.18. The van der Waals surface area contributed by atoms with Gasteiger partial charge in [-0.1, -0.05) is 6.92 Å². The Morgan fingerprint density at radius 2 is 2.14 bits per heavy atom. The minimum atomic E-state index is -0.0396. The molecule has 1 atom stereocenters. The Hall–Kier alpha value is -1.40. The molecule has 2 aromatic heterocycles. The molecule has 0 saturated heterocycles. The highest BCUT2D eigenvalue weighted by Gasteiger charge is 2.14. The standard InChI is InChI=1S/C15H23N3O2S/c1-5-7-16-15-17-13(20-10(3)9-19-6-2)12-8-11(4)21-14(12)18-15/h8,10H,5-7,9H2,1-4H3,(H,16,17,18). The van der Waals surface area contributed by atoms with E-state index in [0.29, 0.717) is 25.0 Å². The van der Waals surface area contributed by atoms with E-state index in [-0.39, 0.29) is 6.10 Å². The van der Waals surface area contributed by atoms with Crippen molar-refractivity contribution in [1.82, 2.24) is 9.97 Å². The Bertz CT molecular complexity index is 586. The van der Waals surface area contributed by atoms with Crippen molar-refractivity contribution >= 4 is 27.5 Å². The van der Waals surface area contributed by atoms with Crippen LogP contribution in [-0.4, -0.2) is 35.8 Å². The first-order valence-corrected chi connectivity index (χ1v) is 8.22. The van der Waals surface area contributed by atoms with Crippen molar-refractivity contribution in [2.75, 3.05) is 25.1 Å². The molecule has 0 saturated carbocycles. The van der Waals surface area contributed by atoms with Gasteiger partial charge in [0, 0.05) is 18.0 Å². The molecule has 0 aliphatic rings. The predicted octanol–water partition coefficient (Wildman–Crippen LogP) is 3.63. The van der Waals surface area contributed by atoms with Gasteiger partial charge >= 0.3 is 0 Å². The molecule has 1 N–H and O–H groups in total. The summed E-state index contributed by atoms with van der Waals surface area (Å²) in [5.41, 5.74) is 0. The average molecular weight is 309 g/mol. The van der Waals surface area contributed by atoms with Crippen LogP contribution in [0.1, 0.15) is 32.1 Å². The SMILES string of the molecule is CCCNc1nc(OC(C)COCC)c2cc(C)sc2n1. The summed E-state index contributed by atoms with van der Waals surface area (Å²) in [4.78, 5) is 11.2. The second-order valence-electron chi connectivity index (χ2n) is 4.94. The van der Waals surface area contributed by atoms with Crippen LogP contribution in [0.15, 0.2) is 6.07 Å². The smallest absolute Gasteiger partial charge is 0.227 e. The molecule has 21 heavy (non-hydrogen) atoms. The molecular formula is C15H23N3O2S. The molecule has 5 nitrogen and oxygen atoms in total. The third-order valence-corrected chi connectivity index (χ3v) is 3.83. The molecule has 2 heterocycles. The topological polar surface area (TPSA) is 56.3 Å². The van der Waals surface area contributed by atoms with Gasteiger partial charge < -0.3 is 14.8 Å². The van der Waals surface area contributed by atoms with Crippen LogP contribution in [0.2, 0.25) is 0 Å². The Labute approximate surface area is 129 Å². The fraction of sp³-hybridized carbons (Fsp3) is 0.600. The van der Waals surface area contributed by atoms with Crippen LogP contribution in [-0.2, 0) is 4.74 Å². The van der Waals surface area contributed by atoms with Crippen LogP contribution in [0.25, 0.3) is 10.2 Å². The number of nitrogens with one attached hydrogen (secondary N) is 1. The van der Waals surface area contributed by atoms with Gasteiger partial charge in [0.1, 0.15) is 10.9 Å². The van der Waals surface area contributed by atoms with Crippen molar-refractivity contribution < 1.29 is 9.47 Å². The van der Waals surface area contributed by atoms with Crippen LogP contribution >= 0.6 is 11.3 Å². The molecule has 0 aliphatic heterocycles. The van der Waals surface area contributed by atoms with Gasteiger partial charge in [-0.15, -0.1) is 11.3 Å². The maximum Gasteiger partial charge on any atom is 0.227 e. The fourth-order valence-corrected chi connectivity index (χ4v) is 2.80. The van der Waals surface area contributed by atoms with E-state index < -0.39 is 0 Å². The van der Waals surface area contributed by atoms with E-state index in [9.17, 15) is 0 Å². The van der Waals surface area contributed by atoms with Crippen molar-refractivity contribution in [2.45, 2.75) is 40.2 Å². The quantitative estimate of drug-likeness (QED) is 0.807. The van der Waals surface area contributed by atoms with Gasteiger partial charge in [-0.3, -0.25) is 0 Å². The largest absolute Gasteiger partial charge is 0.472 e. The van der Waals surface area contributed by atoms with E-state index in [1.165, 1.54) is 4.88 Å². The number of nitrogens with zero attached hydrogens (tertiary/aromatic N) is 2. The highest BCUT2D eigenvalue weighted by molar-refractivity contribution is 7.18. The Morgan fingerprint density at radius 1 is 1.33 bits per heavy atom. The van der Waals surface area contributed by atoms with Gasteiger partial charge in [0.05, 0.1) is 12.0 Å². The number of ether oxygens (including phenoxy) is 2. The molecule has 0 radical (unpaired) electrons. The zero-order chi connectivity index (χ0) is 15.2. The van der Waals surface area contributed by atoms with Crippen LogP contribution < -0.4 is 10.1 Å². The summed E-state index contributed by atoms with van der Waals surface area (Å²) in [6.07, 6.45) is 0.990. The average Bonchev–Trinajstić information content (AvgIpc) is 2.83. The maximum absolute atomic E-state index is 5.95. The van der Waals surface area contributed by atoms with Crippen molar-refractivity contribution in [2.24, 2.45) is 0 Å². The van der Waals surface area contributed by atoms with Crippen molar-refractivity contribution in [3.63, 3.8) is 0 Å². The molecule has 1 unspecified atom stereocenters. The minimum absolute atomic E-state index is 0.0396. The lowest BCUT2D eigenvalue weighted by molar-refractivity contribution is 0.0643. The zero-order valence-corrected chi connectivity index (χ0v) is 13.9. The third-order valence-electron chi connectivity index (χ3n) is 2.88. The highest BCUT2D eigenvalue weighted by atomic mass is 32.1. The Balaban J connectivity index is 2.25. The molecular weight excluding hydrogens is 286 g/mol. The number of anilines is 1. The molecule has 0 aliphatic carbocycles. The summed E-state index contributed by atoms with van der Waals surface area (Å²) in [5, 5.41) is 4.20. The van der Waals surface area contributed by atoms with Crippen LogP contribution in [0, 0.1) is 6.92 Å². The van der Waals surface area contributed by atoms with E-state index in [2.05, 4.69) is 35.2 Å². The summed E-state index contributed by atoms with van der Waals surface area (Å²) in [5.74, 6) is 1.26. The second kappa shape index (κ2) is 7.56. The molecule has 2 rings (SSSR count). The number of thiophene rings is 1. The lowest BCUT2D eigenvalue weighted by Gasteiger charge is -2.15. The third kappa shape index (κ3) is 4.28. The van der Waals surface area contributed by atoms with Crippen molar-refractivity contribution in [1.29, 1.82) is 0 Å². The summed E-state index contributed by atoms with van der Waals surface area (Å²) in [7, 11) is 0. The Kier molecular flexibility index (Phi) is 5.76. The molecule has 116 valence electrons. The van der Waals surface area contributed by atoms with Crippen LogP contribution in [0.5, 0.6) is 5.88 Å². The monoisotopic (exact) mass is 309 g/mol. The first-order valence-electron chi connectivity index (χ1n) is 7.40. The number of aromatic nitrogens is 2. The highest BCUT2D eigenvalue weighted by Crippen LogP contribution is 2.31. The zero-order valence-electron chi connectivity index (χ0n) is 13.1. The molecule has 0 aromatic carbocycles. The van der Waals surface area contributed by atoms with E-state index in [1.807, 2.05) is 13.8 Å². The van der Waals surface area contributed by atoms with E-state index in [1.54, 1.807) is 11.3 Å². The first-order chi connectivity index (χ1) is 10.1. The van der Waals surface area contributed by atoms with Crippen LogP contribution in [0.4, 0.5) is 5.95 Å². The number of fused-ring (bicyclic) bond motifs is 1. The lowest BCUT2D eigenvalue weighted by atomic mass is 10.3. The van der Waals surface area contributed by atoms with E-state index >= 15 is 0 Å². The molecule has 0 spiro atoms. The van der Waals surface area contributed by atoms with Gasteiger partial charge in [-0.05, 0) is 33.3 Å². The normalized spacial score (nSPS) is 12.6. The minimum Gasteiger partial charge on any atom is -0.472 e. The summed E-state index contributed by atoms with van der Waals surface area (Å²) < 4.78 is 11.4. The number of rotatable bonds is 8. The summed E-state index contributed by atoms with van der Waals surface area (Å²) >= 11 is 1.66. The fourth-order valence-electron chi connectivity index (χ4n) is 1.93. The van der Waals surface area contributed by atoms with Gasteiger partial charge in [0.15, 0.2) is 0 Å². The van der Waals surface area contributed by atoms with Gasteiger partial charge in [-0.25, -0.2) is 4.98 Å². The number of hydrogen-bond acceptors (Lipinski definition) is 6. The molecule has 0 amide bonds. The molecule has 0 fully saturated rings. The van der Waals surface area contributed by atoms with Gasteiger partial charge in [-0.2, -0.15) is 4.98 Å². The van der Waals surface area contributed by atoms with Gasteiger partial charge in [0.2, 0.25) is 11.8 Å². The maximum atomic E-state index is 5.95. The van der Waals surface area contributed by atoms with Gasteiger partial charge in [0.25, 0.3) is 0 Å². The van der Waals surface area contributed by atoms with E-state index in [4.69, 9.17) is 9.47 Å². The molecule has 0 bridgehead atoms. The Morgan fingerprint density at radius 3 is 2.86 bits per heavy atom. The lowest BCUT2D eigenvalue weighted by Crippen LogP contribution is -2.20. The van der Waals surface area contributed by atoms with Crippen molar-refractivity contribution in [3.05, 3.63) is 10.9 Å². The number of hydrogen-bond donors (Lipinski definition) is 1. The summed E-state index contributed by atoms with van der Waals surface area (Å²) in [6, 6.07) is 2.08. The van der Waals surface area contributed by atoms with E-state index in [0.717, 1.165) is 23.2 Å². The summed E-state index contributed by atoms with van der Waals surface area (Å²) in [6.45, 7) is 10.2. The molecule has 6 heteroatoms. The number of aryl methyl sites for hydroxylation is 1. The first kappa shape index (κ1) is 16.0.